The molecule has 0 aliphatic rings. The molecule has 7 nitrogen and oxygen atoms in total. The number of benzene rings is 2. The van der Waals surface area contributed by atoms with Crippen LogP contribution in [0.1, 0.15) is 17.3 Å². The lowest BCUT2D eigenvalue weighted by Gasteiger charge is -2.08. The molecule has 3 aromatic rings. The quantitative estimate of drug-likeness (QED) is 0.421. The van der Waals surface area contributed by atoms with Crippen molar-refractivity contribution in [3.63, 3.8) is 0 Å². The minimum atomic E-state index is -0.651. The van der Waals surface area contributed by atoms with Crippen molar-refractivity contribution in [1.82, 2.24) is 4.98 Å². The Balaban J connectivity index is 1.56. The van der Waals surface area contributed by atoms with Crippen LogP contribution in [0, 0.1) is 0 Å². The molecule has 0 fully saturated rings. The zero-order valence-electron chi connectivity index (χ0n) is 16.2. The maximum Gasteiger partial charge on any atom is 0.338 e. The first kappa shape index (κ1) is 22.3. The number of esters is 2. The highest BCUT2D eigenvalue weighted by Crippen LogP contribution is 2.24. The molecule has 3 rings (SSSR count). The van der Waals surface area contributed by atoms with Crippen LogP contribution in [0.4, 0.5) is 5.82 Å². The maximum absolute atomic E-state index is 12.2. The molecule has 31 heavy (non-hydrogen) atoms. The van der Waals surface area contributed by atoms with E-state index in [9.17, 15) is 14.4 Å². The number of hydrogen-bond acceptors (Lipinski definition) is 6. The van der Waals surface area contributed by atoms with Crippen LogP contribution in [0.15, 0.2) is 60.8 Å². The molecule has 1 aromatic heterocycles. The van der Waals surface area contributed by atoms with Crippen molar-refractivity contribution in [1.29, 1.82) is 0 Å². The molecule has 2 aromatic carbocycles. The van der Waals surface area contributed by atoms with E-state index in [0.29, 0.717) is 10.8 Å². The predicted molar refractivity (Wildman–Crippen MR) is 116 cm³/mol. The van der Waals surface area contributed by atoms with Gasteiger partial charge in [-0.05, 0) is 41.5 Å². The molecule has 0 unspecified atom stereocenters. The Morgan fingerprint density at radius 3 is 2.16 bits per heavy atom. The molecule has 0 aliphatic heterocycles. The highest BCUT2D eigenvalue weighted by atomic mass is 35.5. The van der Waals surface area contributed by atoms with E-state index in [2.05, 4.69) is 10.3 Å². The van der Waals surface area contributed by atoms with E-state index in [1.54, 1.807) is 48.5 Å². The Morgan fingerprint density at radius 2 is 1.58 bits per heavy atom. The van der Waals surface area contributed by atoms with Gasteiger partial charge >= 0.3 is 11.9 Å². The third kappa shape index (κ3) is 6.28. The summed E-state index contributed by atoms with van der Waals surface area (Å²) in [6, 6.07) is 15.1. The second-order valence-electron chi connectivity index (χ2n) is 6.30. The zero-order chi connectivity index (χ0) is 22.4. The van der Waals surface area contributed by atoms with Crippen molar-refractivity contribution in [2.75, 3.05) is 11.9 Å². The molecule has 0 spiro atoms. The van der Waals surface area contributed by atoms with Crippen molar-refractivity contribution in [3.8, 4) is 16.9 Å². The molecule has 1 N–H and O–H groups in total. The molecule has 9 heteroatoms. The van der Waals surface area contributed by atoms with E-state index in [1.807, 2.05) is 0 Å². The number of halogens is 2. The van der Waals surface area contributed by atoms with Crippen molar-refractivity contribution >= 4 is 46.9 Å². The summed E-state index contributed by atoms with van der Waals surface area (Å²) in [4.78, 5) is 39.0. The van der Waals surface area contributed by atoms with E-state index < -0.39 is 24.5 Å². The van der Waals surface area contributed by atoms with Crippen molar-refractivity contribution in [3.05, 3.63) is 76.4 Å². The molecule has 0 saturated heterocycles. The highest BCUT2D eigenvalue weighted by molar-refractivity contribution is 6.36. The lowest BCUT2D eigenvalue weighted by molar-refractivity contribution is -0.131. The van der Waals surface area contributed by atoms with Crippen molar-refractivity contribution in [2.24, 2.45) is 0 Å². The highest BCUT2D eigenvalue weighted by Gasteiger charge is 2.13. The summed E-state index contributed by atoms with van der Waals surface area (Å²) in [7, 11) is 0. The van der Waals surface area contributed by atoms with E-state index in [4.69, 9.17) is 32.7 Å². The van der Waals surface area contributed by atoms with Crippen molar-refractivity contribution < 1.29 is 23.9 Å². The van der Waals surface area contributed by atoms with Gasteiger partial charge in [-0.2, -0.15) is 0 Å². The molecule has 1 heterocycles. The maximum atomic E-state index is 12.2. The van der Waals surface area contributed by atoms with Crippen molar-refractivity contribution in [2.45, 2.75) is 6.92 Å². The monoisotopic (exact) mass is 458 g/mol. The van der Waals surface area contributed by atoms with Gasteiger partial charge in [-0.25, -0.2) is 9.78 Å². The van der Waals surface area contributed by atoms with Crippen LogP contribution in [0.25, 0.3) is 11.1 Å². The summed E-state index contributed by atoms with van der Waals surface area (Å²) in [6.07, 6.45) is 1.33. The molecule has 0 radical (unpaired) electrons. The van der Waals surface area contributed by atoms with Crippen LogP contribution in [0.2, 0.25) is 10.0 Å². The first-order valence-electron chi connectivity index (χ1n) is 8.99. The predicted octanol–water partition coefficient (Wildman–Crippen LogP) is 4.78. The lowest BCUT2D eigenvalue weighted by Crippen LogP contribution is -2.21. The number of aromatic nitrogens is 1. The standard InChI is InChI=1S/C22H16Cl2N2O5/c1-13(27)31-18-8-6-15(7-9-18)14-2-4-16(5-3-14)22(29)30-12-20(28)26-21-19(24)10-17(23)11-25-21/h2-11H,12H2,1H3,(H,25,26,28). The average molecular weight is 459 g/mol. The molecule has 0 bridgehead atoms. The number of pyridine rings is 1. The van der Waals surface area contributed by atoms with Gasteiger partial charge in [0.05, 0.1) is 15.6 Å². The molecular weight excluding hydrogens is 443 g/mol. The summed E-state index contributed by atoms with van der Waals surface area (Å²) in [5, 5.41) is 2.94. The Morgan fingerprint density at radius 1 is 0.968 bits per heavy atom. The summed E-state index contributed by atoms with van der Waals surface area (Å²) in [5.74, 6) is -1.06. The van der Waals surface area contributed by atoms with E-state index >= 15 is 0 Å². The third-order valence-electron chi connectivity index (χ3n) is 3.97. The smallest absolute Gasteiger partial charge is 0.338 e. The largest absolute Gasteiger partial charge is 0.452 e. The lowest BCUT2D eigenvalue weighted by atomic mass is 10.0. The van der Waals surface area contributed by atoms with Gasteiger partial charge in [0.2, 0.25) is 0 Å². The van der Waals surface area contributed by atoms with Gasteiger partial charge < -0.3 is 14.8 Å². The topological polar surface area (TPSA) is 94.6 Å². The third-order valence-corrected chi connectivity index (χ3v) is 4.46. The molecular formula is C22H16Cl2N2O5. The molecule has 158 valence electrons. The number of carbonyl (C=O) groups excluding carboxylic acids is 3. The minimum absolute atomic E-state index is 0.121. The first-order valence-corrected chi connectivity index (χ1v) is 9.74. The van der Waals surface area contributed by atoms with Crippen LogP contribution in [-0.2, 0) is 14.3 Å². The molecule has 0 aliphatic carbocycles. The number of carbonyl (C=O) groups is 3. The fraction of sp³-hybridized carbons (Fsp3) is 0.0909. The van der Waals surface area contributed by atoms with Gasteiger partial charge in [-0.15, -0.1) is 0 Å². The minimum Gasteiger partial charge on any atom is -0.452 e. The fourth-order valence-electron chi connectivity index (χ4n) is 2.57. The first-order chi connectivity index (χ1) is 14.8. The molecule has 0 atom stereocenters. The number of nitrogens with one attached hydrogen (secondary N) is 1. The Kier molecular flexibility index (Phi) is 7.23. The van der Waals surface area contributed by atoms with Crippen LogP contribution < -0.4 is 10.1 Å². The normalized spacial score (nSPS) is 10.3. The average Bonchev–Trinajstić information content (AvgIpc) is 2.74. The second kappa shape index (κ2) is 10.1. The second-order valence-corrected chi connectivity index (χ2v) is 7.15. The van der Waals surface area contributed by atoms with Gasteiger partial charge in [0.1, 0.15) is 5.75 Å². The SMILES string of the molecule is CC(=O)Oc1ccc(-c2ccc(C(=O)OCC(=O)Nc3ncc(Cl)cc3Cl)cc2)cc1. The number of amides is 1. The van der Waals surface area contributed by atoms with E-state index in [1.165, 1.54) is 19.2 Å². The fourth-order valence-corrected chi connectivity index (χ4v) is 3.00. The molecule has 0 saturated carbocycles. The summed E-state index contributed by atoms with van der Waals surface area (Å²) >= 11 is 11.7. The van der Waals surface area contributed by atoms with Gasteiger partial charge in [-0.1, -0.05) is 47.5 Å². The summed E-state index contributed by atoms with van der Waals surface area (Å²) in [5.41, 5.74) is 2.02. The number of ether oxygens (including phenoxy) is 2. The van der Waals surface area contributed by atoms with Crippen LogP contribution >= 0.6 is 23.2 Å². The summed E-state index contributed by atoms with van der Waals surface area (Å²) in [6.45, 7) is 0.831. The van der Waals surface area contributed by atoms with Crippen LogP contribution in [0.5, 0.6) is 5.75 Å². The number of nitrogens with zero attached hydrogens (tertiary/aromatic N) is 1. The van der Waals surface area contributed by atoms with E-state index in [0.717, 1.165) is 11.1 Å². The Hall–Kier alpha value is -3.42. The Bertz CT molecular complexity index is 1120. The van der Waals surface area contributed by atoms with Gasteiger partial charge in [0, 0.05) is 13.1 Å². The van der Waals surface area contributed by atoms with Crippen LogP contribution in [-0.4, -0.2) is 29.4 Å². The Labute approximate surface area is 187 Å². The van der Waals surface area contributed by atoms with Gasteiger partial charge in [0.15, 0.2) is 12.4 Å². The number of hydrogen-bond donors (Lipinski definition) is 1. The zero-order valence-corrected chi connectivity index (χ0v) is 17.7. The number of rotatable bonds is 6. The summed E-state index contributed by atoms with van der Waals surface area (Å²) < 4.78 is 10.0. The number of anilines is 1. The van der Waals surface area contributed by atoms with Crippen LogP contribution in [0.3, 0.4) is 0 Å². The van der Waals surface area contributed by atoms with E-state index in [-0.39, 0.29) is 16.4 Å². The van der Waals surface area contributed by atoms with Gasteiger partial charge in [-0.3, -0.25) is 9.59 Å². The molecule has 1 amide bonds. The van der Waals surface area contributed by atoms with Gasteiger partial charge in [0.25, 0.3) is 5.91 Å².